The van der Waals surface area contributed by atoms with Crippen molar-refractivity contribution in [3.63, 3.8) is 0 Å². The Balaban J connectivity index is 1.48. The lowest BCUT2D eigenvalue weighted by Crippen LogP contribution is -2.25. The highest BCUT2D eigenvalue weighted by Crippen LogP contribution is 2.19. The van der Waals surface area contributed by atoms with Gasteiger partial charge in [-0.2, -0.15) is 4.39 Å². The Labute approximate surface area is 201 Å². The SMILES string of the molecule is O=C(Nc1ncc(F)s1)/C(=N/O[C@@H]1CCOC1)c1ccc(NC(=O)c2ccc([N+](=O)[O-])cc2)cc1. The Morgan fingerprint density at radius 3 is 2.46 bits per heavy atom. The van der Waals surface area contributed by atoms with Crippen LogP contribution in [0.2, 0.25) is 0 Å². The fraction of sp³-hybridized carbons (Fsp3) is 0.182. The smallest absolute Gasteiger partial charge is 0.280 e. The third-order valence-corrected chi connectivity index (χ3v) is 5.55. The van der Waals surface area contributed by atoms with Crippen molar-refractivity contribution in [1.82, 2.24) is 4.98 Å². The number of benzene rings is 2. The quantitative estimate of drug-likeness (QED) is 0.274. The standard InChI is InChI=1S/C22H18FN5O6S/c23-18-11-24-22(35-18)26-21(30)19(27-34-17-9-10-33-12-17)13-1-5-15(6-2-13)25-20(29)14-3-7-16(8-4-14)28(31)32/h1-8,11,17H,9-10,12H2,(H,25,29)(H,24,26,30)/b27-19+/t17-/m1/s1. The highest BCUT2D eigenvalue weighted by atomic mass is 32.1. The van der Waals surface area contributed by atoms with Crippen molar-refractivity contribution in [2.75, 3.05) is 23.8 Å². The number of thiazole rings is 1. The van der Waals surface area contributed by atoms with Crippen LogP contribution in [0.1, 0.15) is 22.3 Å². The van der Waals surface area contributed by atoms with Gasteiger partial charge in [-0.3, -0.25) is 25.0 Å². The maximum atomic E-state index is 13.3. The van der Waals surface area contributed by atoms with Gasteiger partial charge in [-0.1, -0.05) is 28.6 Å². The number of rotatable bonds is 8. The number of aromatic nitrogens is 1. The molecule has 1 aromatic heterocycles. The summed E-state index contributed by atoms with van der Waals surface area (Å²) in [5.74, 6) is -1.12. The van der Waals surface area contributed by atoms with Crippen LogP contribution in [0.3, 0.4) is 0 Å². The van der Waals surface area contributed by atoms with Gasteiger partial charge in [0.2, 0.25) is 0 Å². The van der Waals surface area contributed by atoms with Crippen molar-refractivity contribution in [3.05, 3.63) is 81.1 Å². The zero-order valence-corrected chi connectivity index (χ0v) is 18.8. The maximum absolute atomic E-state index is 13.3. The lowest BCUT2D eigenvalue weighted by molar-refractivity contribution is -0.384. The van der Waals surface area contributed by atoms with Gasteiger partial charge in [-0.25, -0.2) is 4.98 Å². The Hall–Kier alpha value is -4.23. The van der Waals surface area contributed by atoms with Gasteiger partial charge in [0.05, 0.1) is 24.3 Å². The van der Waals surface area contributed by atoms with E-state index >= 15 is 0 Å². The van der Waals surface area contributed by atoms with Crippen LogP contribution in [0.4, 0.5) is 20.9 Å². The van der Waals surface area contributed by atoms with Gasteiger partial charge >= 0.3 is 0 Å². The molecule has 1 saturated heterocycles. The number of halogens is 1. The number of amides is 2. The fourth-order valence-corrected chi connectivity index (χ4v) is 3.61. The van der Waals surface area contributed by atoms with Crippen LogP contribution in [-0.4, -0.2) is 46.8 Å². The second-order valence-electron chi connectivity index (χ2n) is 7.29. The zero-order chi connectivity index (χ0) is 24.8. The number of oxime groups is 1. The summed E-state index contributed by atoms with van der Waals surface area (Å²) in [5, 5.41) is 19.4. The number of hydrogen-bond acceptors (Lipinski definition) is 9. The number of nitro benzene ring substituents is 1. The van der Waals surface area contributed by atoms with Gasteiger partial charge in [0, 0.05) is 35.4 Å². The third-order valence-electron chi connectivity index (χ3n) is 4.85. The van der Waals surface area contributed by atoms with Crippen LogP contribution in [0.15, 0.2) is 59.9 Å². The molecule has 1 aliphatic heterocycles. The van der Waals surface area contributed by atoms with Crippen LogP contribution >= 0.6 is 11.3 Å². The molecule has 0 unspecified atom stereocenters. The van der Waals surface area contributed by atoms with Crippen LogP contribution in [0.5, 0.6) is 0 Å². The maximum Gasteiger partial charge on any atom is 0.280 e. The lowest BCUT2D eigenvalue weighted by Gasteiger charge is -2.11. The van der Waals surface area contributed by atoms with Crippen molar-refractivity contribution in [1.29, 1.82) is 0 Å². The average Bonchev–Trinajstić information content (AvgIpc) is 3.52. The normalized spacial score (nSPS) is 15.5. The second-order valence-corrected chi connectivity index (χ2v) is 8.27. The summed E-state index contributed by atoms with van der Waals surface area (Å²) in [6.45, 7) is 0.882. The first-order valence-corrected chi connectivity index (χ1v) is 11.1. The topological polar surface area (TPSA) is 145 Å². The van der Waals surface area contributed by atoms with E-state index in [1.54, 1.807) is 24.3 Å². The molecule has 0 radical (unpaired) electrons. The van der Waals surface area contributed by atoms with E-state index in [2.05, 4.69) is 20.8 Å². The van der Waals surface area contributed by atoms with E-state index in [0.717, 1.165) is 6.20 Å². The van der Waals surface area contributed by atoms with Crippen molar-refractivity contribution in [3.8, 4) is 0 Å². The minimum atomic E-state index is -0.652. The molecule has 2 N–H and O–H groups in total. The van der Waals surface area contributed by atoms with Crippen LogP contribution in [0.25, 0.3) is 0 Å². The number of nitrogens with one attached hydrogen (secondary N) is 2. The van der Waals surface area contributed by atoms with E-state index in [4.69, 9.17) is 9.57 Å². The number of hydrogen-bond donors (Lipinski definition) is 2. The van der Waals surface area contributed by atoms with Gasteiger partial charge in [0.1, 0.15) is 0 Å². The number of nitrogens with zero attached hydrogens (tertiary/aromatic N) is 3. The van der Waals surface area contributed by atoms with Gasteiger partial charge in [0.25, 0.3) is 17.5 Å². The molecule has 0 bridgehead atoms. The molecular weight excluding hydrogens is 481 g/mol. The largest absolute Gasteiger partial charge is 0.389 e. The van der Waals surface area contributed by atoms with Gasteiger partial charge in [-0.05, 0) is 24.3 Å². The molecule has 1 fully saturated rings. The van der Waals surface area contributed by atoms with E-state index in [1.165, 1.54) is 24.3 Å². The molecular formula is C22H18FN5O6S. The van der Waals surface area contributed by atoms with Crippen molar-refractivity contribution in [2.24, 2.45) is 5.16 Å². The number of carbonyl (C=O) groups is 2. The second kappa shape index (κ2) is 10.8. The predicted molar refractivity (Wildman–Crippen MR) is 125 cm³/mol. The monoisotopic (exact) mass is 499 g/mol. The average molecular weight is 499 g/mol. The lowest BCUT2D eigenvalue weighted by atomic mass is 10.1. The summed E-state index contributed by atoms with van der Waals surface area (Å²) in [6, 6.07) is 11.4. The minimum absolute atomic E-state index is 0.0661. The van der Waals surface area contributed by atoms with Crippen molar-refractivity contribution < 1.29 is 28.5 Å². The first kappa shape index (κ1) is 23.9. The van der Waals surface area contributed by atoms with E-state index in [9.17, 15) is 24.1 Å². The summed E-state index contributed by atoms with van der Waals surface area (Å²) in [4.78, 5) is 44.7. The number of carbonyl (C=O) groups excluding carboxylic acids is 2. The summed E-state index contributed by atoms with van der Waals surface area (Å²) in [6.07, 6.45) is 1.32. The number of nitro groups is 1. The molecule has 2 heterocycles. The van der Waals surface area contributed by atoms with Gasteiger partial charge in [-0.15, -0.1) is 0 Å². The molecule has 2 amide bonds. The first-order valence-electron chi connectivity index (χ1n) is 10.3. The van der Waals surface area contributed by atoms with Gasteiger partial charge < -0.3 is 14.9 Å². The number of anilines is 2. The molecule has 11 nitrogen and oxygen atoms in total. The van der Waals surface area contributed by atoms with E-state index in [-0.39, 0.29) is 28.2 Å². The number of non-ortho nitro benzene ring substituents is 1. The molecule has 13 heteroatoms. The van der Waals surface area contributed by atoms with Gasteiger partial charge in [0.15, 0.2) is 22.1 Å². The summed E-state index contributed by atoms with van der Waals surface area (Å²) in [7, 11) is 0. The van der Waals surface area contributed by atoms with Crippen LogP contribution in [-0.2, 0) is 14.4 Å². The molecule has 3 aromatic rings. The summed E-state index contributed by atoms with van der Waals surface area (Å²) in [5.41, 5.74) is 0.850. The molecule has 2 aromatic carbocycles. The summed E-state index contributed by atoms with van der Waals surface area (Å²) < 4.78 is 18.5. The molecule has 35 heavy (non-hydrogen) atoms. The Morgan fingerprint density at radius 1 is 1.14 bits per heavy atom. The molecule has 1 aliphatic rings. The molecule has 0 saturated carbocycles. The molecule has 4 rings (SSSR count). The predicted octanol–water partition coefficient (Wildman–Crippen LogP) is 3.59. The third kappa shape index (κ3) is 6.22. The summed E-state index contributed by atoms with van der Waals surface area (Å²) >= 11 is 0.671. The highest BCUT2D eigenvalue weighted by Gasteiger charge is 2.21. The zero-order valence-electron chi connectivity index (χ0n) is 18.0. The Morgan fingerprint density at radius 2 is 1.86 bits per heavy atom. The molecule has 0 spiro atoms. The number of ether oxygens (including phenoxy) is 1. The van der Waals surface area contributed by atoms with E-state index in [1.807, 2.05) is 0 Å². The van der Waals surface area contributed by atoms with Crippen molar-refractivity contribution >= 4 is 45.4 Å². The Kier molecular flexibility index (Phi) is 7.38. The molecule has 180 valence electrons. The first-order chi connectivity index (χ1) is 16.9. The molecule has 1 atom stereocenters. The van der Waals surface area contributed by atoms with E-state index < -0.39 is 21.9 Å². The minimum Gasteiger partial charge on any atom is -0.389 e. The highest BCUT2D eigenvalue weighted by molar-refractivity contribution is 7.14. The molecule has 0 aliphatic carbocycles. The van der Waals surface area contributed by atoms with Crippen LogP contribution < -0.4 is 10.6 Å². The van der Waals surface area contributed by atoms with Crippen LogP contribution in [0, 0.1) is 15.2 Å². The van der Waals surface area contributed by atoms with E-state index in [0.29, 0.717) is 42.2 Å². The van der Waals surface area contributed by atoms with Crippen molar-refractivity contribution in [2.45, 2.75) is 12.5 Å². The Bertz CT molecular complexity index is 1260. The fourth-order valence-electron chi connectivity index (χ4n) is 3.07.